The van der Waals surface area contributed by atoms with E-state index in [9.17, 15) is 78.7 Å². The number of aryl methyl sites for hydroxylation is 1. The molecular weight excluding hydrogens is 1260 g/mol. The van der Waals surface area contributed by atoms with Crippen LogP contribution in [0.25, 0.3) is 0 Å². The van der Waals surface area contributed by atoms with Crippen molar-refractivity contribution < 1.29 is 87.9 Å². The number of ether oxygens (including phenoxy) is 1. The highest BCUT2D eigenvalue weighted by molar-refractivity contribution is 7.89. The van der Waals surface area contributed by atoms with Gasteiger partial charge in [0.2, 0.25) is 41.4 Å². The lowest BCUT2D eigenvalue weighted by Crippen LogP contribution is -2.65. The van der Waals surface area contributed by atoms with Gasteiger partial charge in [-0.05, 0) is 105 Å². The fraction of sp³-hybridized carbons (Fsp3) is 0.541. The maximum atomic E-state index is 15.2. The Bertz CT molecular complexity index is 3360. The first-order valence-electron chi connectivity index (χ1n) is 30.0. The van der Waals surface area contributed by atoms with Gasteiger partial charge in [0, 0.05) is 53.4 Å². The molecule has 3 aromatic carbocycles. The van der Waals surface area contributed by atoms with Crippen LogP contribution in [0, 0.1) is 16.0 Å². The number of likely N-dealkylation sites (tertiary alicyclic amines) is 1. The molecule has 0 radical (unpaired) electrons. The van der Waals surface area contributed by atoms with Gasteiger partial charge in [-0.2, -0.15) is 30.6 Å². The maximum absolute atomic E-state index is 15.2. The van der Waals surface area contributed by atoms with E-state index in [1.54, 1.807) is 0 Å². The van der Waals surface area contributed by atoms with Gasteiger partial charge in [0.05, 0.1) is 47.3 Å². The van der Waals surface area contributed by atoms with Gasteiger partial charge < -0.3 is 45.0 Å². The molecule has 3 N–H and O–H groups in total. The minimum absolute atomic E-state index is 0.0113. The van der Waals surface area contributed by atoms with Crippen LogP contribution in [0.1, 0.15) is 99.3 Å². The Morgan fingerprint density at radius 1 is 0.826 bits per heavy atom. The molecule has 0 unspecified atom stereocenters. The number of nitro benzene ring substituents is 1. The van der Waals surface area contributed by atoms with Gasteiger partial charge in [-0.25, -0.2) is 8.42 Å². The van der Waals surface area contributed by atoms with Crippen molar-refractivity contribution in [1.29, 1.82) is 0 Å². The van der Waals surface area contributed by atoms with Crippen LogP contribution in [0.5, 0.6) is 0 Å². The summed E-state index contributed by atoms with van der Waals surface area (Å²) in [6, 6.07) is 2.94. The van der Waals surface area contributed by atoms with Crippen LogP contribution in [0.4, 0.5) is 32.0 Å². The molecule has 2 heterocycles. The summed E-state index contributed by atoms with van der Waals surface area (Å²) in [6.07, 6.45) is -6.67. The van der Waals surface area contributed by atoms with Gasteiger partial charge in [0.15, 0.2) is 4.90 Å². The number of carboxylic acid groups (broad SMARTS) is 1. The van der Waals surface area contributed by atoms with Gasteiger partial charge in [0.25, 0.3) is 15.7 Å². The number of carboxylic acids is 1. The Morgan fingerprint density at radius 3 is 2.04 bits per heavy atom. The zero-order chi connectivity index (χ0) is 67.6. The molecule has 2 saturated carbocycles. The van der Waals surface area contributed by atoms with E-state index >= 15 is 9.59 Å². The average molecular weight is 1340 g/mol. The van der Waals surface area contributed by atoms with E-state index < -0.39 is 169 Å². The second-order valence-corrected chi connectivity index (χ2v) is 25.8. The van der Waals surface area contributed by atoms with E-state index in [4.69, 9.17) is 16.3 Å². The highest BCUT2D eigenvalue weighted by Gasteiger charge is 2.51. The van der Waals surface area contributed by atoms with Gasteiger partial charge in [-0.1, -0.05) is 73.7 Å². The molecule has 502 valence electrons. The number of hydrogen-bond donors (Lipinski definition) is 3. The summed E-state index contributed by atoms with van der Waals surface area (Å²) in [4.78, 5) is 131. The Morgan fingerprint density at radius 2 is 1.46 bits per heavy atom. The van der Waals surface area contributed by atoms with Crippen LogP contribution in [-0.4, -0.2) is 197 Å². The van der Waals surface area contributed by atoms with Crippen molar-refractivity contribution in [3.8, 4) is 0 Å². The quantitative estimate of drug-likeness (QED) is 0.0347. The smallest absolute Gasteiger partial charge is 0.417 e. The minimum atomic E-state index is -5.07. The van der Waals surface area contributed by atoms with Crippen LogP contribution in [0.2, 0.25) is 5.02 Å². The lowest BCUT2D eigenvalue weighted by atomic mass is 9.90. The van der Waals surface area contributed by atoms with Crippen molar-refractivity contribution in [2.45, 2.75) is 143 Å². The molecule has 2 aliphatic heterocycles. The summed E-state index contributed by atoms with van der Waals surface area (Å²) in [7, 11) is -1.26. The Labute approximate surface area is 532 Å². The number of halogens is 7. The van der Waals surface area contributed by atoms with E-state index in [0.29, 0.717) is 42.1 Å². The summed E-state index contributed by atoms with van der Waals surface area (Å²) in [5, 5.41) is 26.9. The van der Waals surface area contributed by atoms with E-state index in [1.165, 1.54) is 40.9 Å². The number of amides is 7. The third kappa shape index (κ3) is 16.9. The van der Waals surface area contributed by atoms with Crippen LogP contribution >= 0.6 is 11.6 Å². The first-order chi connectivity index (χ1) is 43.3. The highest BCUT2D eigenvalue weighted by Crippen LogP contribution is 2.39. The van der Waals surface area contributed by atoms with Crippen molar-refractivity contribution in [3.05, 3.63) is 117 Å². The topological polar surface area (TPSA) is 287 Å². The third-order valence-corrected chi connectivity index (χ3v) is 19.7. The van der Waals surface area contributed by atoms with Gasteiger partial charge in [0.1, 0.15) is 35.7 Å². The van der Waals surface area contributed by atoms with E-state index in [-0.39, 0.29) is 82.5 Å². The molecule has 92 heavy (non-hydrogen) atoms. The summed E-state index contributed by atoms with van der Waals surface area (Å²) in [6.45, 7) is 2.60. The molecule has 7 amide bonds. The molecule has 23 nitrogen and oxygen atoms in total. The minimum Gasteiger partial charge on any atom is -0.481 e. The Kier molecular flexibility index (Phi) is 23.7. The van der Waals surface area contributed by atoms with Crippen molar-refractivity contribution in [3.63, 3.8) is 0 Å². The predicted octanol–water partition coefficient (Wildman–Crippen LogP) is 6.25. The van der Waals surface area contributed by atoms with E-state index in [0.717, 1.165) is 78.2 Å². The fourth-order valence-corrected chi connectivity index (χ4v) is 14.7. The number of sulfonamides is 1. The van der Waals surface area contributed by atoms with Crippen molar-refractivity contribution in [1.82, 2.24) is 39.4 Å². The normalized spacial score (nSPS) is 18.3. The lowest BCUT2D eigenvalue weighted by Gasteiger charge is -2.42. The van der Waals surface area contributed by atoms with Gasteiger partial charge in [-0.3, -0.25) is 48.5 Å². The molecule has 7 rings (SSSR count). The number of likely N-dealkylation sites (N-methyl/N-ethyl adjacent to an activating group) is 3. The maximum Gasteiger partial charge on any atom is 0.417 e. The SMILES string of the molecule is C=CCN([C@@H](Cc1ccc(C(F)(F)F)cc1)C(=O)N(C)CC(=O)N[C@@H](CCc1ccc(C(F)(F)F)c(Cl)c1)C(=O)N1CCC[C@H]1C(=O)NC1(C(=O)N(C)[C@H](C(=O)N(C)[C@@H](CC(=O)O)C(=O)N2CCOCC2)C2CCCC2)CCCC1)S(=O)(=O)c1ccccc1[N+](=O)[O-]. The first kappa shape index (κ1) is 71.7. The molecule has 4 fully saturated rings. The van der Waals surface area contributed by atoms with Crippen molar-refractivity contribution >= 4 is 74.6 Å². The second-order valence-electron chi connectivity index (χ2n) is 23.5. The molecule has 31 heteroatoms. The molecule has 4 aliphatic rings. The number of carbonyl (C=O) groups is 8. The number of nitro groups is 1. The standard InChI is InChI=1S/C61H74ClF6N9O14S/c1-5-28-76(92(89,90)49-17-9-8-15-45(49)77(87)88)48(35-39-18-22-41(23-19-39)60(63,64)65)55(83)71(2)37-50(78)69-44(25-21-38-20-24-42(43(62)34-38)61(66,67)68)54(82)75-29-12-16-46(75)53(81)70-59(26-10-11-27-59)58(86)73(4)52(40-13-6-7-14-40)57(85)72(3)47(36-51(79)80)56(84)74-30-32-91-33-31-74/h5,8-9,15,17-20,22-24,34,40,44,46-48,52H,1,6-7,10-14,16,21,25-33,35-37H2,2-4H3,(H,69,78)(H,70,81)(H,79,80)/t44-,46-,47-,48-,52-/m0/s1. The van der Waals surface area contributed by atoms with Crippen LogP contribution in [0.3, 0.4) is 0 Å². The number of para-hydroxylation sites is 1. The molecule has 3 aromatic rings. The van der Waals surface area contributed by atoms with Crippen molar-refractivity contribution in [2.24, 2.45) is 5.92 Å². The predicted molar refractivity (Wildman–Crippen MR) is 319 cm³/mol. The van der Waals surface area contributed by atoms with Crippen LogP contribution in [-0.2, 0) is 78.3 Å². The zero-order valence-electron chi connectivity index (χ0n) is 50.9. The number of nitrogens with one attached hydrogen (secondary N) is 2. The zero-order valence-corrected chi connectivity index (χ0v) is 52.5. The van der Waals surface area contributed by atoms with Gasteiger partial charge in [-0.15, -0.1) is 6.58 Å². The van der Waals surface area contributed by atoms with Crippen LogP contribution in [0.15, 0.2) is 84.3 Å². The number of nitrogens with zero attached hydrogens (tertiary/aromatic N) is 7. The largest absolute Gasteiger partial charge is 0.481 e. The first-order valence-corrected chi connectivity index (χ1v) is 31.8. The van der Waals surface area contributed by atoms with Crippen molar-refractivity contribution in [2.75, 3.05) is 67.1 Å². The number of benzene rings is 3. The third-order valence-electron chi connectivity index (χ3n) is 17.4. The van der Waals surface area contributed by atoms with E-state index in [1.807, 2.05) is 0 Å². The van der Waals surface area contributed by atoms with Gasteiger partial charge >= 0.3 is 18.3 Å². The van der Waals surface area contributed by atoms with Crippen LogP contribution < -0.4 is 10.6 Å². The number of rotatable bonds is 26. The highest BCUT2D eigenvalue weighted by atomic mass is 35.5. The number of hydrogen-bond acceptors (Lipinski definition) is 13. The molecular formula is C61H74ClF6N9O14S. The number of alkyl halides is 6. The number of aliphatic carboxylic acids is 1. The lowest BCUT2D eigenvalue weighted by molar-refractivity contribution is -0.387. The Balaban J connectivity index is 1.16. The molecule has 0 spiro atoms. The summed E-state index contributed by atoms with van der Waals surface area (Å²) in [5.74, 6) is -7.55. The summed E-state index contributed by atoms with van der Waals surface area (Å²) in [5.41, 5.74) is -4.58. The summed E-state index contributed by atoms with van der Waals surface area (Å²) < 4.78 is 117. The second kappa shape index (κ2) is 30.4. The van der Waals surface area contributed by atoms with E-state index in [2.05, 4.69) is 17.2 Å². The molecule has 2 aliphatic carbocycles. The average Bonchev–Trinajstić information content (AvgIpc) is 0.984. The summed E-state index contributed by atoms with van der Waals surface area (Å²) >= 11 is 6.07. The Hall–Kier alpha value is -7.70. The molecule has 0 aromatic heterocycles. The fourth-order valence-electron chi connectivity index (χ4n) is 12.7. The molecule has 2 saturated heterocycles. The monoisotopic (exact) mass is 1340 g/mol. The molecule has 0 bridgehead atoms. The number of carbonyl (C=O) groups excluding carboxylic acids is 7. The molecule has 5 atom stereocenters. The number of morpholine rings is 1.